The van der Waals surface area contributed by atoms with Gasteiger partial charge in [-0.1, -0.05) is 18.5 Å². The molecule has 17 heavy (non-hydrogen) atoms. The first-order valence-corrected chi connectivity index (χ1v) is 6.65. The van der Waals surface area contributed by atoms with Crippen molar-refractivity contribution in [2.75, 3.05) is 12.4 Å². The van der Waals surface area contributed by atoms with Crippen molar-refractivity contribution in [3.8, 4) is 0 Å². The lowest BCUT2D eigenvalue weighted by Crippen LogP contribution is -2.16. The molecule has 94 valence electrons. The minimum absolute atomic E-state index is 0.0961. The number of carbonyl (C=O) groups excluding carboxylic acids is 1. The van der Waals surface area contributed by atoms with Crippen molar-refractivity contribution in [3.63, 3.8) is 0 Å². The van der Waals surface area contributed by atoms with Crippen LogP contribution in [0.2, 0.25) is 5.02 Å². The Labute approximate surface area is 109 Å². The molecule has 0 fully saturated rings. The molecule has 0 saturated carbocycles. The number of carbonyl (C=O) groups is 1. The molecule has 0 aromatic heterocycles. The van der Waals surface area contributed by atoms with Crippen LogP contribution in [0.1, 0.15) is 13.8 Å². The summed E-state index contributed by atoms with van der Waals surface area (Å²) in [5.41, 5.74) is 0. The first-order chi connectivity index (χ1) is 8.04. The Bertz CT molecular complexity index is 398. The molecule has 0 spiro atoms. The van der Waals surface area contributed by atoms with Gasteiger partial charge in [0.2, 0.25) is 0 Å². The molecular weight excluding hydrogens is 263 g/mol. The van der Waals surface area contributed by atoms with Gasteiger partial charge in [-0.3, -0.25) is 4.79 Å². The summed E-state index contributed by atoms with van der Waals surface area (Å²) in [6.07, 6.45) is 0. The monoisotopic (exact) mass is 276 g/mol. The second-order valence-corrected chi connectivity index (χ2v) is 5.04. The van der Waals surface area contributed by atoms with E-state index < -0.39 is 5.82 Å². The van der Waals surface area contributed by atoms with Crippen LogP contribution in [0.4, 0.5) is 4.39 Å². The van der Waals surface area contributed by atoms with Crippen LogP contribution < -0.4 is 0 Å². The van der Waals surface area contributed by atoms with Crippen molar-refractivity contribution in [1.29, 1.82) is 0 Å². The van der Waals surface area contributed by atoms with E-state index in [1.54, 1.807) is 26.0 Å². The molecule has 1 rings (SSSR count). The Hall–Kier alpha value is -0.740. The van der Waals surface area contributed by atoms with E-state index in [1.165, 1.54) is 17.8 Å². The van der Waals surface area contributed by atoms with E-state index in [9.17, 15) is 9.18 Å². The lowest BCUT2D eigenvalue weighted by Gasteiger charge is -2.10. The van der Waals surface area contributed by atoms with Gasteiger partial charge >= 0.3 is 5.97 Å². The zero-order valence-electron chi connectivity index (χ0n) is 9.70. The van der Waals surface area contributed by atoms with Gasteiger partial charge in [0.25, 0.3) is 0 Å². The Balaban J connectivity index is 2.50. The normalized spacial score (nSPS) is 12.2. The number of thioether (sulfide) groups is 1. The topological polar surface area (TPSA) is 26.3 Å². The van der Waals surface area contributed by atoms with Crippen LogP contribution in [0.3, 0.4) is 0 Å². The molecule has 0 amide bonds. The number of benzene rings is 1. The molecule has 1 aromatic rings. The van der Waals surface area contributed by atoms with E-state index in [0.717, 1.165) is 4.90 Å². The van der Waals surface area contributed by atoms with Crippen molar-refractivity contribution in [2.24, 2.45) is 5.92 Å². The summed E-state index contributed by atoms with van der Waals surface area (Å²) in [4.78, 5) is 12.2. The zero-order valence-corrected chi connectivity index (χ0v) is 11.3. The van der Waals surface area contributed by atoms with Crippen LogP contribution in [-0.2, 0) is 9.53 Å². The molecule has 0 aliphatic rings. The third-order valence-electron chi connectivity index (χ3n) is 2.08. The van der Waals surface area contributed by atoms with Gasteiger partial charge in [-0.15, -0.1) is 11.8 Å². The SMILES string of the molecule is CCOC(=O)C(C)CSc1ccc(F)c(Cl)c1. The Morgan fingerprint density at radius 2 is 2.29 bits per heavy atom. The lowest BCUT2D eigenvalue weighted by atomic mass is 10.2. The second-order valence-electron chi connectivity index (χ2n) is 3.54. The molecule has 1 aromatic carbocycles. The molecule has 0 bridgehead atoms. The second kappa shape index (κ2) is 6.87. The fraction of sp³-hybridized carbons (Fsp3) is 0.417. The minimum atomic E-state index is -0.436. The van der Waals surface area contributed by atoms with E-state index in [2.05, 4.69) is 0 Å². The summed E-state index contributed by atoms with van der Waals surface area (Å²) in [6, 6.07) is 4.52. The molecule has 0 heterocycles. The molecule has 0 aliphatic heterocycles. The van der Waals surface area contributed by atoms with Gasteiger partial charge < -0.3 is 4.74 Å². The van der Waals surface area contributed by atoms with Crippen molar-refractivity contribution in [2.45, 2.75) is 18.7 Å². The predicted molar refractivity (Wildman–Crippen MR) is 67.9 cm³/mol. The maximum atomic E-state index is 12.9. The molecule has 0 saturated heterocycles. The van der Waals surface area contributed by atoms with Crippen LogP contribution >= 0.6 is 23.4 Å². The first kappa shape index (κ1) is 14.3. The molecule has 2 nitrogen and oxygen atoms in total. The molecule has 1 unspecified atom stereocenters. The highest BCUT2D eigenvalue weighted by Gasteiger charge is 2.14. The summed E-state index contributed by atoms with van der Waals surface area (Å²) in [6.45, 7) is 3.96. The molecule has 5 heteroatoms. The van der Waals surface area contributed by atoms with Crippen LogP contribution in [-0.4, -0.2) is 18.3 Å². The third-order valence-corrected chi connectivity index (χ3v) is 3.62. The van der Waals surface area contributed by atoms with Gasteiger partial charge in [-0.25, -0.2) is 4.39 Å². The lowest BCUT2D eigenvalue weighted by molar-refractivity contribution is -0.146. The molecule has 0 aliphatic carbocycles. The molecule has 0 N–H and O–H groups in total. The third kappa shape index (κ3) is 4.56. The van der Waals surface area contributed by atoms with Gasteiger partial charge in [-0.2, -0.15) is 0 Å². The predicted octanol–water partition coefficient (Wildman–Crippen LogP) is 3.77. The molecular formula is C12H14ClFO2S. The Kier molecular flexibility index (Phi) is 5.78. The van der Waals surface area contributed by atoms with Crippen molar-refractivity contribution >= 4 is 29.3 Å². The average molecular weight is 277 g/mol. The summed E-state index contributed by atoms with van der Waals surface area (Å²) in [7, 11) is 0. The average Bonchev–Trinajstić information content (AvgIpc) is 2.30. The Morgan fingerprint density at radius 1 is 1.59 bits per heavy atom. The zero-order chi connectivity index (χ0) is 12.8. The number of esters is 1. The number of halogens is 2. The van der Waals surface area contributed by atoms with Gasteiger partial charge in [0.05, 0.1) is 17.5 Å². The van der Waals surface area contributed by atoms with E-state index in [-0.39, 0.29) is 16.9 Å². The highest BCUT2D eigenvalue weighted by Crippen LogP contribution is 2.25. The van der Waals surface area contributed by atoms with Crippen LogP contribution in [0.5, 0.6) is 0 Å². The van der Waals surface area contributed by atoms with Crippen LogP contribution in [0.15, 0.2) is 23.1 Å². The number of rotatable bonds is 5. The summed E-state index contributed by atoms with van der Waals surface area (Å²) in [5.74, 6) is -0.257. The standard InChI is InChI=1S/C12H14ClFO2S/c1-3-16-12(15)8(2)7-17-9-4-5-11(14)10(13)6-9/h4-6,8H,3,7H2,1-2H3. The van der Waals surface area contributed by atoms with Crippen molar-refractivity contribution < 1.29 is 13.9 Å². The van der Waals surface area contributed by atoms with E-state index in [4.69, 9.17) is 16.3 Å². The van der Waals surface area contributed by atoms with E-state index in [1.807, 2.05) is 0 Å². The Morgan fingerprint density at radius 3 is 2.88 bits per heavy atom. The van der Waals surface area contributed by atoms with Gasteiger partial charge in [0, 0.05) is 10.6 Å². The fourth-order valence-electron chi connectivity index (χ4n) is 1.14. The van der Waals surface area contributed by atoms with Crippen molar-refractivity contribution in [3.05, 3.63) is 29.0 Å². The summed E-state index contributed by atoms with van der Waals surface area (Å²) < 4.78 is 17.8. The van der Waals surface area contributed by atoms with Gasteiger partial charge in [0.1, 0.15) is 5.82 Å². The maximum absolute atomic E-state index is 12.9. The van der Waals surface area contributed by atoms with E-state index in [0.29, 0.717) is 12.4 Å². The minimum Gasteiger partial charge on any atom is -0.466 e. The van der Waals surface area contributed by atoms with Crippen LogP contribution in [0.25, 0.3) is 0 Å². The van der Waals surface area contributed by atoms with Gasteiger partial charge in [0.15, 0.2) is 0 Å². The summed E-state index contributed by atoms with van der Waals surface area (Å²) >= 11 is 7.12. The summed E-state index contributed by atoms with van der Waals surface area (Å²) in [5, 5.41) is 0.0961. The first-order valence-electron chi connectivity index (χ1n) is 5.29. The van der Waals surface area contributed by atoms with Crippen LogP contribution in [0, 0.1) is 11.7 Å². The fourth-order valence-corrected chi connectivity index (χ4v) is 2.33. The highest BCUT2D eigenvalue weighted by molar-refractivity contribution is 7.99. The molecule has 1 atom stereocenters. The smallest absolute Gasteiger partial charge is 0.309 e. The quantitative estimate of drug-likeness (QED) is 0.605. The van der Waals surface area contributed by atoms with Gasteiger partial charge in [-0.05, 0) is 25.1 Å². The highest BCUT2D eigenvalue weighted by atomic mass is 35.5. The van der Waals surface area contributed by atoms with Crippen molar-refractivity contribution in [1.82, 2.24) is 0 Å². The number of hydrogen-bond acceptors (Lipinski definition) is 3. The largest absolute Gasteiger partial charge is 0.466 e. The maximum Gasteiger partial charge on any atom is 0.309 e. The number of hydrogen-bond donors (Lipinski definition) is 0. The molecule has 0 radical (unpaired) electrons. The number of ether oxygens (including phenoxy) is 1. The van der Waals surface area contributed by atoms with E-state index >= 15 is 0 Å².